The van der Waals surface area contributed by atoms with Crippen LogP contribution in [0.1, 0.15) is 0 Å². The first-order valence-corrected chi connectivity index (χ1v) is 2.94. The average Bonchev–Trinajstić information content (AvgIpc) is 1.62. The third-order valence-corrected chi connectivity index (χ3v) is 1.15. The van der Waals surface area contributed by atoms with Gasteiger partial charge in [-0.2, -0.15) is 5.26 Å². The molecule has 0 bridgehead atoms. The van der Waals surface area contributed by atoms with E-state index in [1.807, 2.05) is 0 Å². The molecule has 0 spiro atoms. The van der Waals surface area contributed by atoms with Gasteiger partial charge in [0, 0.05) is 0 Å². The van der Waals surface area contributed by atoms with E-state index in [1.165, 1.54) is 0 Å². The minimum atomic E-state index is -3.16. The lowest BCUT2D eigenvalue weighted by Gasteiger charge is -2.10. The molecular formula is C3H4AlF2NO. The molecule has 1 unspecified atom stereocenters. The van der Waals surface area contributed by atoms with Gasteiger partial charge in [0.2, 0.25) is 4.78 Å². The molecule has 1 N–H and O–H groups in total. The van der Waals surface area contributed by atoms with Crippen molar-refractivity contribution in [2.24, 2.45) is 0 Å². The third-order valence-electron chi connectivity index (χ3n) is 0.602. The minimum absolute atomic E-state index is 0.484. The lowest BCUT2D eigenvalue weighted by atomic mass is 10.4. The summed E-state index contributed by atoms with van der Waals surface area (Å²) in [5.74, 6) is 0. The first-order valence-electron chi connectivity index (χ1n) is 1.94. The maximum atomic E-state index is 11.7. The number of aliphatic hydroxyl groups excluding tert-OH is 1. The van der Waals surface area contributed by atoms with Crippen LogP contribution in [-0.2, 0) is 0 Å². The molecule has 0 fully saturated rings. The Morgan fingerprint density at radius 1 is 1.75 bits per heavy atom. The molecule has 0 aromatic rings. The highest BCUT2D eigenvalue weighted by Crippen LogP contribution is 2.11. The Labute approximate surface area is 53.1 Å². The second kappa shape index (κ2) is 2.41. The molecule has 0 aromatic carbocycles. The van der Waals surface area contributed by atoms with E-state index in [1.54, 1.807) is 0 Å². The molecule has 44 valence electrons. The highest BCUT2D eigenvalue weighted by Gasteiger charge is 2.30. The zero-order valence-electron chi connectivity index (χ0n) is 4.23. The largest absolute Gasteiger partial charge is 0.374 e. The Kier molecular flexibility index (Phi) is 2.36. The monoisotopic (exact) mass is 135 g/mol. The summed E-state index contributed by atoms with van der Waals surface area (Å²) >= 11 is -0.484. The van der Waals surface area contributed by atoms with Gasteiger partial charge in [0.05, 0.1) is 6.07 Å². The first-order chi connectivity index (χ1) is 3.48. The number of alkyl halides is 2. The molecule has 0 amide bonds. The minimum Gasteiger partial charge on any atom is -0.374 e. The SMILES string of the molecule is N#CC(O)[C](F)(F)[AlH2]. The van der Waals surface area contributed by atoms with Crippen LogP contribution < -0.4 is 0 Å². The van der Waals surface area contributed by atoms with Crippen molar-refractivity contribution in [1.82, 2.24) is 0 Å². The average molecular weight is 135 g/mol. The third kappa shape index (κ3) is 2.23. The van der Waals surface area contributed by atoms with Crippen LogP contribution in [0.25, 0.3) is 0 Å². The van der Waals surface area contributed by atoms with Crippen molar-refractivity contribution in [1.29, 1.82) is 5.26 Å². The van der Waals surface area contributed by atoms with Crippen molar-refractivity contribution in [3.63, 3.8) is 0 Å². The van der Waals surface area contributed by atoms with Crippen LogP contribution in [0.3, 0.4) is 0 Å². The summed E-state index contributed by atoms with van der Waals surface area (Å²) in [7, 11) is 0. The summed E-state index contributed by atoms with van der Waals surface area (Å²) in [6, 6.07) is 1.05. The van der Waals surface area contributed by atoms with Gasteiger partial charge in [-0.05, 0) is 0 Å². The zero-order valence-corrected chi connectivity index (χ0v) is 6.23. The van der Waals surface area contributed by atoms with Crippen molar-refractivity contribution >= 4 is 16.3 Å². The van der Waals surface area contributed by atoms with Crippen LogP contribution >= 0.6 is 0 Å². The molecule has 0 aliphatic carbocycles. The van der Waals surface area contributed by atoms with E-state index in [2.05, 4.69) is 0 Å². The molecule has 8 heavy (non-hydrogen) atoms. The van der Waals surface area contributed by atoms with E-state index in [-0.39, 0.29) is 0 Å². The van der Waals surface area contributed by atoms with Crippen LogP contribution in [0.5, 0.6) is 0 Å². The molecule has 0 saturated heterocycles. The van der Waals surface area contributed by atoms with Crippen LogP contribution in [0, 0.1) is 11.3 Å². The van der Waals surface area contributed by atoms with E-state index >= 15 is 0 Å². The number of hydrogen-bond donors (Lipinski definition) is 1. The fourth-order valence-electron chi connectivity index (χ4n) is 0.113. The fourth-order valence-corrected chi connectivity index (χ4v) is 0.242. The zero-order chi connectivity index (χ0) is 6.78. The second-order valence-corrected chi connectivity index (χ2v) is 2.82. The molecule has 2 nitrogen and oxygen atoms in total. The van der Waals surface area contributed by atoms with Crippen LogP contribution in [0.2, 0.25) is 0 Å². The topological polar surface area (TPSA) is 44.0 Å². The summed E-state index contributed by atoms with van der Waals surface area (Å²) in [4.78, 5) is -3.16. The van der Waals surface area contributed by atoms with Gasteiger partial charge in [-0.25, -0.2) is 8.78 Å². The molecule has 1 atom stereocenters. The lowest BCUT2D eigenvalue weighted by Crippen LogP contribution is -2.31. The number of hydrogen-bond acceptors (Lipinski definition) is 2. The molecule has 5 heteroatoms. The van der Waals surface area contributed by atoms with Crippen molar-refractivity contribution in [3.05, 3.63) is 0 Å². The molecule has 0 aliphatic rings. The summed E-state index contributed by atoms with van der Waals surface area (Å²) < 4.78 is 23.4. The smallest absolute Gasteiger partial charge is 0.332 e. The van der Waals surface area contributed by atoms with Crippen LogP contribution in [0.15, 0.2) is 0 Å². The quantitative estimate of drug-likeness (QED) is 0.374. The Balaban J connectivity index is 3.87. The first kappa shape index (κ1) is 7.84. The normalized spacial score (nSPS) is 14.8. The summed E-state index contributed by atoms with van der Waals surface area (Å²) in [5, 5.41) is 15.8. The van der Waals surface area contributed by atoms with Gasteiger partial charge in [-0.15, -0.1) is 0 Å². The Bertz CT molecular complexity index is 115. The standard InChI is InChI=1S/C3H2F2NO.Al.2H/c4-3(5)2(7)1-6;;;/h2,7H;;;. The van der Waals surface area contributed by atoms with Crippen LogP contribution in [-0.4, -0.2) is 32.3 Å². The Hall–Kier alpha value is -0.158. The molecule has 0 aliphatic heterocycles. The number of halogens is 2. The highest BCUT2D eigenvalue weighted by atomic mass is 27.0. The van der Waals surface area contributed by atoms with Gasteiger partial charge in [-0.3, -0.25) is 0 Å². The summed E-state index contributed by atoms with van der Waals surface area (Å²) in [5.41, 5.74) is 0. The lowest BCUT2D eigenvalue weighted by molar-refractivity contribution is -0.0110. The maximum Gasteiger partial charge on any atom is 0.332 e. The molecular weight excluding hydrogens is 131 g/mol. The predicted octanol–water partition coefficient (Wildman–Crippen LogP) is -0.903. The number of nitriles is 1. The van der Waals surface area contributed by atoms with Gasteiger partial charge in [0.25, 0.3) is 0 Å². The van der Waals surface area contributed by atoms with Gasteiger partial charge < -0.3 is 5.11 Å². The fraction of sp³-hybridized carbons (Fsp3) is 0.667. The van der Waals surface area contributed by atoms with E-state index < -0.39 is 27.2 Å². The van der Waals surface area contributed by atoms with E-state index in [0.717, 1.165) is 6.07 Å². The van der Waals surface area contributed by atoms with Crippen molar-refractivity contribution in [2.45, 2.75) is 10.9 Å². The number of rotatable bonds is 1. The van der Waals surface area contributed by atoms with Gasteiger partial charge in [0.15, 0.2) is 6.10 Å². The van der Waals surface area contributed by atoms with Crippen LogP contribution in [0.4, 0.5) is 8.78 Å². The van der Waals surface area contributed by atoms with Gasteiger partial charge in [-0.1, -0.05) is 0 Å². The van der Waals surface area contributed by atoms with E-state index in [0.29, 0.717) is 0 Å². The Morgan fingerprint density at radius 3 is 2.12 bits per heavy atom. The molecule has 0 saturated carbocycles. The molecule has 0 aromatic heterocycles. The molecule has 0 radical (unpaired) electrons. The predicted molar refractivity (Wildman–Crippen MR) is 25.1 cm³/mol. The molecule has 0 rings (SSSR count). The van der Waals surface area contributed by atoms with Gasteiger partial charge in [0.1, 0.15) is 0 Å². The van der Waals surface area contributed by atoms with Crippen molar-refractivity contribution < 1.29 is 13.9 Å². The van der Waals surface area contributed by atoms with E-state index in [4.69, 9.17) is 10.4 Å². The number of aliphatic hydroxyl groups is 1. The van der Waals surface area contributed by atoms with Crippen molar-refractivity contribution in [3.8, 4) is 6.07 Å². The van der Waals surface area contributed by atoms with Crippen molar-refractivity contribution in [2.75, 3.05) is 0 Å². The maximum absolute atomic E-state index is 11.7. The van der Waals surface area contributed by atoms with E-state index in [9.17, 15) is 8.78 Å². The van der Waals surface area contributed by atoms with Gasteiger partial charge >= 0.3 is 16.3 Å². The second-order valence-electron chi connectivity index (χ2n) is 1.49. The number of nitrogens with zero attached hydrogens (tertiary/aromatic N) is 1. The Morgan fingerprint density at radius 2 is 2.12 bits per heavy atom. The molecule has 0 heterocycles. The highest BCUT2D eigenvalue weighted by molar-refractivity contribution is 6.13. The summed E-state index contributed by atoms with van der Waals surface area (Å²) in [6.07, 6.45) is -2.12. The summed E-state index contributed by atoms with van der Waals surface area (Å²) in [6.45, 7) is 0.